The van der Waals surface area contributed by atoms with E-state index in [-0.39, 0.29) is 24.3 Å². The van der Waals surface area contributed by atoms with E-state index in [1.807, 2.05) is 0 Å². The van der Waals surface area contributed by atoms with E-state index >= 15 is 0 Å². The lowest BCUT2D eigenvalue weighted by Gasteiger charge is -2.25. The molecule has 2 aromatic rings. The summed E-state index contributed by atoms with van der Waals surface area (Å²) in [4.78, 5) is 50.6. The maximum Gasteiger partial charge on any atom is 0.328 e. The Hall–Kier alpha value is -4.20. The molecule has 4 unspecified atom stereocenters. The van der Waals surface area contributed by atoms with Gasteiger partial charge in [0, 0.05) is 12.8 Å². The third kappa shape index (κ3) is 10.5. The number of hydrogen-bond acceptors (Lipinski definition) is 9. The molecule has 11 N–H and O–H groups in total. The standard InChI is InChI=1S/C27H37N5O8/c28-12-2-1-3-20(29)24(36)30-21(13-16-4-8-18(34)9-5-16)25(37)31-22(14-17-6-10-19(35)11-7-17)26(38)32-23(15-33)27(39)40/h4-11,20-23,33-35H,1-3,12-15,28-29H2,(H,30,36)(H,31,37)(H,32,38)(H,39,40). The molecule has 0 aliphatic carbocycles. The predicted octanol–water partition coefficient (Wildman–Crippen LogP) is -1.13. The first-order valence-corrected chi connectivity index (χ1v) is 12.8. The van der Waals surface area contributed by atoms with E-state index in [1.54, 1.807) is 12.1 Å². The summed E-state index contributed by atoms with van der Waals surface area (Å²) in [5, 5.41) is 45.1. The molecule has 2 rings (SSSR count). The second-order valence-corrected chi connectivity index (χ2v) is 9.34. The number of nitrogens with two attached hydrogens (primary N) is 2. The number of carboxylic acid groups (broad SMARTS) is 1. The number of hydrogen-bond donors (Lipinski definition) is 9. The van der Waals surface area contributed by atoms with Gasteiger partial charge in [-0.2, -0.15) is 0 Å². The van der Waals surface area contributed by atoms with Crippen LogP contribution < -0.4 is 27.4 Å². The number of benzene rings is 2. The molecule has 218 valence electrons. The number of aliphatic hydroxyl groups is 1. The Kier molecular flexibility index (Phi) is 12.8. The number of phenols is 2. The van der Waals surface area contributed by atoms with Crippen molar-refractivity contribution in [1.82, 2.24) is 16.0 Å². The highest BCUT2D eigenvalue weighted by Gasteiger charge is 2.30. The zero-order valence-electron chi connectivity index (χ0n) is 22.0. The molecule has 13 heteroatoms. The van der Waals surface area contributed by atoms with Crippen molar-refractivity contribution in [1.29, 1.82) is 0 Å². The van der Waals surface area contributed by atoms with Crippen molar-refractivity contribution >= 4 is 23.7 Å². The third-order valence-corrected chi connectivity index (χ3v) is 6.12. The Labute approximate surface area is 231 Å². The second-order valence-electron chi connectivity index (χ2n) is 9.34. The van der Waals surface area contributed by atoms with Crippen LogP contribution in [0.4, 0.5) is 0 Å². The van der Waals surface area contributed by atoms with Crippen molar-refractivity contribution in [2.45, 2.75) is 56.3 Å². The Balaban J connectivity index is 2.29. The van der Waals surface area contributed by atoms with Gasteiger partial charge in [-0.15, -0.1) is 0 Å². The lowest BCUT2D eigenvalue weighted by Crippen LogP contribution is -2.58. The largest absolute Gasteiger partial charge is 0.508 e. The molecule has 0 saturated heterocycles. The van der Waals surface area contributed by atoms with Gasteiger partial charge >= 0.3 is 5.97 Å². The van der Waals surface area contributed by atoms with Crippen LogP contribution >= 0.6 is 0 Å². The molecule has 40 heavy (non-hydrogen) atoms. The average Bonchev–Trinajstić information content (AvgIpc) is 2.92. The highest BCUT2D eigenvalue weighted by molar-refractivity contribution is 5.94. The highest BCUT2D eigenvalue weighted by atomic mass is 16.4. The number of aromatic hydroxyl groups is 2. The first kappa shape index (κ1) is 32.0. The average molecular weight is 560 g/mol. The first-order chi connectivity index (χ1) is 19.0. The van der Waals surface area contributed by atoms with Gasteiger partial charge in [-0.1, -0.05) is 30.7 Å². The van der Waals surface area contributed by atoms with Crippen molar-refractivity contribution in [3.8, 4) is 11.5 Å². The fourth-order valence-corrected chi connectivity index (χ4v) is 3.80. The van der Waals surface area contributed by atoms with Crippen LogP contribution in [0.15, 0.2) is 48.5 Å². The van der Waals surface area contributed by atoms with Crippen LogP contribution in [0.3, 0.4) is 0 Å². The van der Waals surface area contributed by atoms with Gasteiger partial charge in [0.25, 0.3) is 0 Å². The molecule has 0 aliphatic heterocycles. The van der Waals surface area contributed by atoms with E-state index in [0.717, 1.165) is 0 Å². The molecule has 3 amide bonds. The molecule has 0 aromatic heterocycles. The summed E-state index contributed by atoms with van der Waals surface area (Å²) in [5.41, 5.74) is 12.6. The van der Waals surface area contributed by atoms with Crippen LogP contribution in [0.25, 0.3) is 0 Å². The Morgan fingerprint density at radius 1 is 0.700 bits per heavy atom. The Morgan fingerprint density at radius 3 is 1.52 bits per heavy atom. The number of carbonyl (C=O) groups excluding carboxylic acids is 3. The summed E-state index contributed by atoms with van der Waals surface area (Å²) in [5.74, 6) is -3.67. The van der Waals surface area contributed by atoms with E-state index in [9.17, 15) is 39.6 Å². The number of nitrogens with one attached hydrogen (secondary N) is 3. The second kappa shape index (κ2) is 16.0. The lowest BCUT2D eigenvalue weighted by molar-refractivity contribution is -0.143. The predicted molar refractivity (Wildman–Crippen MR) is 145 cm³/mol. The monoisotopic (exact) mass is 559 g/mol. The molecular weight excluding hydrogens is 522 g/mol. The maximum absolute atomic E-state index is 13.5. The minimum Gasteiger partial charge on any atom is -0.508 e. The van der Waals surface area contributed by atoms with Gasteiger partial charge in [-0.3, -0.25) is 14.4 Å². The normalized spacial score (nSPS) is 13.9. The van der Waals surface area contributed by atoms with Crippen LogP contribution in [0.2, 0.25) is 0 Å². The van der Waals surface area contributed by atoms with Crippen LogP contribution in [0.5, 0.6) is 11.5 Å². The highest BCUT2D eigenvalue weighted by Crippen LogP contribution is 2.14. The number of rotatable bonds is 16. The van der Waals surface area contributed by atoms with E-state index < -0.39 is 54.5 Å². The van der Waals surface area contributed by atoms with Gasteiger partial charge in [0.2, 0.25) is 17.7 Å². The summed E-state index contributed by atoms with van der Waals surface area (Å²) in [6.07, 6.45) is 1.55. The molecule has 0 spiro atoms. The minimum atomic E-state index is -1.61. The SMILES string of the molecule is NCCCCC(N)C(=O)NC(Cc1ccc(O)cc1)C(=O)NC(Cc1ccc(O)cc1)C(=O)NC(CO)C(=O)O. The smallest absolute Gasteiger partial charge is 0.328 e. The quantitative estimate of drug-likeness (QED) is 0.112. The summed E-state index contributed by atoms with van der Waals surface area (Å²) < 4.78 is 0. The number of carboxylic acids is 1. The Morgan fingerprint density at radius 2 is 1.12 bits per heavy atom. The van der Waals surface area contributed by atoms with E-state index in [2.05, 4.69) is 16.0 Å². The molecule has 0 aliphatic rings. The van der Waals surface area contributed by atoms with Gasteiger partial charge in [-0.25, -0.2) is 4.79 Å². The number of aliphatic hydroxyl groups excluding tert-OH is 1. The molecule has 2 aromatic carbocycles. The van der Waals surface area contributed by atoms with E-state index in [1.165, 1.54) is 36.4 Å². The molecule has 0 heterocycles. The van der Waals surface area contributed by atoms with Crippen molar-refractivity contribution in [2.24, 2.45) is 11.5 Å². The van der Waals surface area contributed by atoms with Gasteiger partial charge in [0.1, 0.15) is 29.6 Å². The number of unbranched alkanes of at least 4 members (excludes halogenated alkanes) is 1. The third-order valence-electron chi connectivity index (χ3n) is 6.12. The fraction of sp³-hybridized carbons (Fsp3) is 0.407. The number of aliphatic carboxylic acids is 1. The molecule has 13 nitrogen and oxygen atoms in total. The fourth-order valence-electron chi connectivity index (χ4n) is 3.80. The van der Waals surface area contributed by atoms with Crippen LogP contribution in [-0.2, 0) is 32.0 Å². The van der Waals surface area contributed by atoms with E-state index in [0.29, 0.717) is 36.9 Å². The van der Waals surface area contributed by atoms with Crippen molar-refractivity contribution < 1.29 is 39.6 Å². The maximum atomic E-state index is 13.5. The summed E-state index contributed by atoms with van der Waals surface area (Å²) in [6, 6.07) is 6.83. The number of phenolic OH excluding ortho intramolecular Hbond substituents is 2. The molecule has 0 saturated carbocycles. The van der Waals surface area contributed by atoms with Gasteiger partial charge in [-0.05, 0) is 54.8 Å². The molecule has 0 fully saturated rings. The lowest BCUT2D eigenvalue weighted by atomic mass is 10.0. The van der Waals surface area contributed by atoms with Gasteiger partial charge in [0.05, 0.1) is 12.6 Å². The molecular formula is C27H37N5O8. The van der Waals surface area contributed by atoms with Gasteiger partial charge in [0.15, 0.2) is 0 Å². The summed E-state index contributed by atoms with van der Waals surface area (Å²) in [7, 11) is 0. The topological polar surface area (TPSA) is 237 Å². The molecule has 0 bridgehead atoms. The Bertz CT molecular complexity index is 1130. The van der Waals surface area contributed by atoms with Crippen LogP contribution in [0.1, 0.15) is 30.4 Å². The van der Waals surface area contributed by atoms with Crippen molar-refractivity contribution in [3.05, 3.63) is 59.7 Å². The summed E-state index contributed by atoms with van der Waals surface area (Å²) in [6.45, 7) is -0.424. The number of carbonyl (C=O) groups is 4. The minimum absolute atomic E-state index is 0.00465. The van der Waals surface area contributed by atoms with Crippen molar-refractivity contribution in [2.75, 3.05) is 13.2 Å². The van der Waals surface area contributed by atoms with Crippen LogP contribution in [0, 0.1) is 0 Å². The van der Waals surface area contributed by atoms with E-state index in [4.69, 9.17) is 11.5 Å². The zero-order chi connectivity index (χ0) is 29.7. The van der Waals surface area contributed by atoms with Crippen molar-refractivity contribution in [3.63, 3.8) is 0 Å². The van der Waals surface area contributed by atoms with Gasteiger partial charge < -0.3 is 47.8 Å². The molecule has 4 atom stereocenters. The molecule has 0 radical (unpaired) electrons. The number of amides is 3. The van der Waals surface area contributed by atoms with Crippen LogP contribution in [-0.4, -0.2) is 81.4 Å². The first-order valence-electron chi connectivity index (χ1n) is 12.8. The summed E-state index contributed by atoms with van der Waals surface area (Å²) >= 11 is 0. The zero-order valence-corrected chi connectivity index (χ0v) is 22.0.